The second-order valence-corrected chi connectivity index (χ2v) is 9.38. The highest BCUT2D eigenvalue weighted by atomic mass is 19.4. The highest BCUT2D eigenvalue weighted by molar-refractivity contribution is 5.34. The Morgan fingerprint density at radius 1 is 0.568 bits per heavy atom. The standard InChI is InChI=1S/C28H23F12NO3/c29-25(30,31)19-8-16(9-20(12-19)26(32,33)34)14-43-24(23(41-6-7-42)18-4-2-1-3-5-18)44-15-17-10-21(27(35,36)37)13-22(11-17)28(38,39)40/h1-5,8-13,23-24,41-42H,6-7,14-15H2. The summed E-state index contributed by atoms with van der Waals surface area (Å²) in [5.41, 5.74) is -7.41. The van der Waals surface area contributed by atoms with Gasteiger partial charge < -0.3 is 19.9 Å². The zero-order valence-corrected chi connectivity index (χ0v) is 22.1. The summed E-state index contributed by atoms with van der Waals surface area (Å²) in [6.07, 6.45) is -22.4. The van der Waals surface area contributed by atoms with E-state index in [-0.39, 0.29) is 18.7 Å². The van der Waals surface area contributed by atoms with E-state index in [1.807, 2.05) is 0 Å². The van der Waals surface area contributed by atoms with E-state index in [1.165, 1.54) is 24.3 Å². The molecule has 44 heavy (non-hydrogen) atoms. The van der Waals surface area contributed by atoms with Crippen LogP contribution in [0.25, 0.3) is 0 Å². The van der Waals surface area contributed by atoms with E-state index in [0.717, 1.165) is 0 Å². The molecular weight excluding hydrogens is 626 g/mol. The number of hydrogen-bond donors (Lipinski definition) is 2. The number of halogens is 12. The first kappa shape index (κ1) is 35.1. The van der Waals surface area contributed by atoms with Crippen LogP contribution in [0.4, 0.5) is 52.7 Å². The van der Waals surface area contributed by atoms with Gasteiger partial charge in [-0.1, -0.05) is 30.3 Å². The molecule has 0 aliphatic carbocycles. The molecule has 0 fully saturated rings. The molecule has 0 radical (unpaired) electrons. The molecule has 242 valence electrons. The van der Waals surface area contributed by atoms with Gasteiger partial charge in [0, 0.05) is 6.54 Å². The van der Waals surface area contributed by atoms with Crippen LogP contribution in [-0.2, 0) is 47.4 Å². The highest BCUT2D eigenvalue weighted by Crippen LogP contribution is 2.38. The van der Waals surface area contributed by atoms with E-state index in [0.29, 0.717) is 29.8 Å². The molecule has 0 aromatic heterocycles. The first-order valence-corrected chi connectivity index (χ1v) is 12.5. The van der Waals surface area contributed by atoms with Crippen LogP contribution in [0, 0.1) is 0 Å². The van der Waals surface area contributed by atoms with Crippen molar-refractivity contribution in [2.75, 3.05) is 13.2 Å². The zero-order valence-electron chi connectivity index (χ0n) is 22.1. The van der Waals surface area contributed by atoms with Crippen molar-refractivity contribution in [3.63, 3.8) is 0 Å². The van der Waals surface area contributed by atoms with Gasteiger partial charge in [-0.05, 0) is 53.1 Å². The summed E-state index contributed by atoms with van der Waals surface area (Å²) < 4.78 is 171. The maximum atomic E-state index is 13.3. The fourth-order valence-electron chi connectivity index (χ4n) is 4.05. The molecular formula is C28H23F12NO3. The molecule has 3 aromatic rings. The van der Waals surface area contributed by atoms with E-state index in [2.05, 4.69) is 5.32 Å². The Bertz CT molecular complexity index is 1230. The van der Waals surface area contributed by atoms with E-state index in [9.17, 15) is 57.8 Å². The summed E-state index contributed by atoms with van der Waals surface area (Å²) >= 11 is 0. The molecule has 0 aliphatic heterocycles. The lowest BCUT2D eigenvalue weighted by atomic mass is 10.0. The van der Waals surface area contributed by atoms with Crippen molar-refractivity contribution in [1.82, 2.24) is 5.32 Å². The smallest absolute Gasteiger partial charge is 0.395 e. The number of hydrogen-bond acceptors (Lipinski definition) is 4. The fraction of sp³-hybridized carbons (Fsp3) is 0.357. The summed E-state index contributed by atoms with van der Waals surface area (Å²) in [7, 11) is 0. The molecule has 0 saturated carbocycles. The number of aliphatic hydroxyl groups is 1. The average Bonchev–Trinajstić information content (AvgIpc) is 2.92. The van der Waals surface area contributed by atoms with Gasteiger partial charge in [-0.3, -0.25) is 0 Å². The van der Waals surface area contributed by atoms with Gasteiger partial charge >= 0.3 is 24.7 Å². The monoisotopic (exact) mass is 649 g/mol. The first-order chi connectivity index (χ1) is 20.3. The maximum absolute atomic E-state index is 13.3. The third-order valence-electron chi connectivity index (χ3n) is 6.03. The molecule has 16 heteroatoms. The van der Waals surface area contributed by atoms with Crippen molar-refractivity contribution in [2.24, 2.45) is 0 Å². The van der Waals surface area contributed by atoms with Gasteiger partial charge in [-0.2, -0.15) is 52.7 Å². The van der Waals surface area contributed by atoms with Crippen molar-refractivity contribution in [3.8, 4) is 0 Å². The average molecular weight is 649 g/mol. The van der Waals surface area contributed by atoms with Gasteiger partial charge in [-0.15, -0.1) is 0 Å². The molecule has 0 heterocycles. The molecule has 4 nitrogen and oxygen atoms in total. The molecule has 2 N–H and O–H groups in total. The molecule has 3 aromatic carbocycles. The summed E-state index contributed by atoms with van der Waals surface area (Å²) in [4.78, 5) is 0. The summed E-state index contributed by atoms with van der Waals surface area (Å²) in [6, 6.07) is 7.88. The predicted octanol–water partition coefficient (Wildman–Crippen LogP) is 8.14. The second-order valence-electron chi connectivity index (χ2n) is 9.38. The van der Waals surface area contributed by atoms with Crippen molar-refractivity contribution < 1.29 is 67.3 Å². The quantitative estimate of drug-likeness (QED) is 0.163. The van der Waals surface area contributed by atoms with Crippen molar-refractivity contribution in [2.45, 2.75) is 50.3 Å². The molecule has 3 rings (SSSR count). The topological polar surface area (TPSA) is 50.7 Å². The Morgan fingerprint density at radius 3 is 1.25 bits per heavy atom. The third kappa shape index (κ3) is 9.84. The third-order valence-corrected chi connectivity index (χ3v) is 6.03. The Morgan fingerprint density at radius 2 is 0.932 bits per heavy atom. The largest absolute Gasteiger partial charge is 0.416 e. The lowest BCUT2D eigenvalue weighted by Crippen LogP contribution is -2.37. The van der Waals surface area contributed by atoms with Crippen molar-refractivity contribution >= 4 is 0 Å². The van der Waals surface area contributed by atoms with Crippen molar-refractivity contribution in [3.05, 3.63) is 106 Å². The number of rotatable bonds is 11. The maximum Gasteiger partial charge on any atom is 0.416 e. The summed E-state index contributed by atoms with van der Waals surface area (Å²) in [5.74, 6) is 0. The normalized spacial score (nSPS) is 13.9. The van der Waals surface area contributed by atoms with Gasteiger partial charge in [0.05, 0.1) is 48.1 Å². The Labute approximate surface area is 242 Å². The molecule has 0 saturated heterocycles. The Hall–Kier alpha value is -3.34. The van der Waals surface area contributed by atoms with Crippen molar-refractivity contribution in [1.29, 1.82) is 0 Å². The SMILES string of the molecule is OCCNC(c1ccccc1)C(OCc1cc(C(F)(F)F)cc(C(F)(F)F)c1)OCc1cc(C(F)(F)F)cc(C(F)(F)F)c1. The molecule has 0 amide bonds. The molecule has 1 atom stereocenters. The first-order valence-electron chi connectivity index (χ1n) is 12.5. The Balaban J connectivity index is 2.02. The predicted molar refractivity (Wildman–Crippen MR) is 131 cm³/mol. The second kappa shape index (κ2) is 13.7. The van der Waals surface area contributed by atoms with Gasteiger partial charge in [0.1, 0.15) is 0 Å². The fourth-order valence-corrected chi connectivity index (χ4v) is 4.05. The van der Waals surface area contributed by atoms with Crippen LogP contribution >= 0.6 is 0 Å². The molecule has 0 spiro atoms. The van der Waals surface area contributed by atoms with Crippen LogP contribution in [0.1, 0.15) is 45.0 Å². The Kier molecular flexibility index (Phi) is 11.0. The molecule has 0 bridgehead atoms. The van der Waals surface area contributed by atoms with Crippen LogP contribution in [0.2, 0.25) is 0 Å². The lowest BCUT2D eigenvalue weighted by Gasteiger charge is -2.29. The van der Waals surface area contributed by atoms with Crippen LogP contribution in [0.5, 0.6) is 0 Å². The van der Waals surface area contributed by atoms with Gasteiger partial charge in [0.2, 0.25) is 0 Å². The number of aliphatic hydroxyl groups excluding tert-OH is 1. The number of alkyl halides is 12. The van der Waals surface area contributed by atoms with Crippen LogP contribution < -0.4 is 5.32 Å². The van der Waals surface area contributed by atoms with Gasteiger partial charge in [0.15, 0.2) is 6.29 Å². The summed E-state index contributed by atoms with van der Waals surface area (Å²) in [6.45, 7) is -2.52. The van der Waals surface area contributed by atoms with Crippen LogP contribution in [0.3, 0.4) is 0 Å². The minimum absolute atomic E-state index is 0.0983. The number of benzene rings is 3. The van der Waals surface area contributed by atoms with Crippen LogP contribution in [0.15, 0.2) is 66.7 Å². The van der Waals surface area contributed by atoms with Gasteiger partial charge in [0.25, 0.3) is 0 Å². The van der Waals surface area contributed by atoms with Crippen LogP contribution in [-0.4, -0.2) is 24.5 Å². The van der Waals surface area contributed by atoms with E-state index < -0.39 is 90.2 Å². The van der Waals surface area contributed by atoms with E-state index in [1.54, 1.807) is 6.07 Å². The minimum Gasteiger partial charge on any atom is -0.395 e. The lowest BCUT2D eigenvalue weighted by molar-refractivity contribution is -0.175. The zero-order chi connectivity index (χ0) is 32.9. The minimum atomic E-state index is -5.17. The number of nitrogens with one attached hydrogen (secondary N) is 1. The molecule has 0 aliphatic rings. The molecule has 1 unspecified atom stereocenters. The van der Waals surface area contributed by atoms with E-state index in [4.69, 9.17) is 9.47 Å². The highest BCUT2D eigenvalue weighted by Gasteiger charge is 2.38. The van der Waals surface area contributed by atoms with E-state index >= 15 is 0 Å². The van der Waals surface area contributed by atoms with Gasteiger partial charge in [-0.25, -0.2) is 0 Å². The number of ether oxygens (including phenoxy) is 2. The summed E-state index contributed by atoms with van der Waals surface area (Å²) in [5, 5.41) is 12.1.